The maximum Gasteiger partial charge on any atom is 0.266 e. The summed E-state index contributed by atoms with van der Waals surface area (Å²) in [4.78, 5) is 19.0. The van der Waals surface area contributed by atoms with Crippen molar-refractivity contribution in [1.29, 1.82) is 0 Å². The highest BCUT2D eigenvalue weighted by Crippen LogP contribution is 2.26. The van der Waals surface area contributed by atoms with Gasteiger partial charge in [-0.2, -0.15) is 0 Å². The largest absolute Gasteiger partial charge is 0.482 e. The van der Waals surface area contributed by atoms with E-state index in [4.69, 9.17) is 21.3 Å². The van der Waals surface area contributed by atoms with Crippen molar-refractivity contribution in [2.75, 3.05) is 18.9 Å². The van der Waals surface area contributed by atoms with Crippen LogP contribution in [-0.4, -0.2) is 34.9 Å². The number of hydrogen-bond donors (Lipinski definition) is 0. The zero-order valence-electron chi connectivity index (χ0n) is 13.9. The van der Waals surface area contributed by atoms with E-state index in [1.165, 1.54) is 0 Å². The van der Waals surface area contributed by atoms with Crippen molar-refractivity contribution in [2.45, 2.75) is 13.3 Å². The predicted octanol–water partition coefficient (Wildman–Crippen LogP) is 4.68. The van der Waals surface area contributed by atoms with Crippen LogP contribution in [0.15, 0.2) is 53.5 Å². The van der Waals surface area contributed by atoms with Crippen LogP contribution in [0.2, 0.25) is 5.02 Å². The normalized spacial score (nSPS) is 16.1. The zero-order chi connectivity index (χ0) is 17.6. The number of rotatable bonds is 4. The number of aryl methyl sites for hydroxylation is 1. The topological polar surface area (TPSA) is 41.9 Å². The first-order chi connectivity index (χ1) is 12.1. The predicted molar refractivity (Wildman–Crippen MR) is 104 cm³/mol. The molecular formula is C19H19ClN2O2S. The second-order valence-corrected chi connectivity index (χ2v) is 7.12. The lowest BCUT2D eigenvalue weighted by Crippen LogP contribution is -2.41. The molecular weight excluding hydrogens is 356 g/mol. The Labute approximate surface area is 156 Å². The van der Waals surface area contributed by atoms with Gasteiger partial charge >= 0.3 is 0 Å². The summed E-state index contributed by atoms with van der Waals surface area (Å²) >= 11 is 7.67. The van der Waals surface area contributed by atoms with Gasteiger partial charge in [0.05, 0.1) is 10.7 Å². The van der Waals surface area contributed by atoms with Gasteiger partial charge in [0.25, 0.3) is 5.91 Å². The minimum Gasteiger partial charge on any atom is -0.482 e. The second kappa shape index (κ2) is 8.41. The van der Waals surface area contributed by atoms with E-state index in [0.717, 1.165) is 28.6 Å². The lowest BCUT2D eigenvalue weighted by molar-refractivity contribution is -0.129. The standard InChI is InChI=1S/C19H19ClN2O2S/c1-14-7-2-4-9-16(14)21-19-22(11-6-12-25-19)18(23)13-24-17-10-5-3-8-15(17)20/h2-5,7-10H,6,11-13H2,1H3. The van der Waals surface area contributed by atoms with Gasteiger partial charge in [0.2, 0.25) is 0 Å². The van der Waals surface area contributed by atoms with Crippen LogP contribution in [-0.2, 0) is 4.79 Å². The van der Waals surface area contributed by atoms with Crippen molar-refractivity contribution in [1.82, 2.24) is 4.90 Å². The van der Waals surface area contributed by atoms with Crippen molar-refractivity contribution in [2.24, 2.45) is 4.99 Å². The average Bonchev–Trinajstić information content (AvgIpc) is 2.63. The summed E-state index contributed by atoms with van der Waals surface area (Å²) in [5, 5.41) is 1.23. The molecule has 3 rings (SSSR count). The number of thioether (sulfide) groups is 1. The maximum atomic E-state index is 12.6. The number of benzene rings is 2. The van der Waals surface area contributed by atoms with Crippen LogP contribution >= 0.6 is 23.4 Å². The lowest BCUT2D eigenvalue weighted by Gasteiger charge is -2.27. The van der Waals surface area contributed by atoms with Gasteiger partial charge in [0.15, 0.2) is 11.8 Å². The number of carbonyl (C=O) groups excluding carboxylic acids is 1. The van der Waals surface area contributed by atoms with E-state index in [1.54, 1.807) is 28.8 Å². The molecule has 1 aliphatic heterocycles. The van der Waals surface area contributed by atoms with E-state index in [9.17, 15) is 4.79 Å². The van der Waals surface area contributed by atoms with E-state index in [0.29, 0.717) is 17.3 Å². The third kappa shape index (κ3) is 4.55. The monoisotopic (exact) mass is 374 g/mol. The zero-order valence-corrected chi connectivity index (χ0v) is 15.5. The molecule has 0 atom stereocenters. The summed E-state index contributed by atoms with van der Waals surface area (Å²) in [6, 6.07) is 15.0. The van der Waals surface area contributed by atoms with Gasteiger partial charge in [-0.15, -0.1) is 0 Å². The molecule has 0 aromatic heterocycles. The number of carbonyl (C=O) groups is 1. The number of para-hydroxylation sites is 2. The van der Waals surface area contributed by atoms with Crippen LogP contribution in [0.3, 0.4) is 0 Å². The molecule has 130 valence electrons. The van der Waals surface area contributed by atoms with Crippen molar-refractivity contribution < 1.29 is 9.53 Å². The fourth-order valence-corrected chi connectivity index (χ4v) is 3.61. The molecule has 1 fully saturated rings. The highest BCUT2D eigenvalue weighted by molar-refractivity contribution is 8.13. The third-order valence-electron chi connectivity index (χ3n) is 3.81. The minimum absolute atomic E-state index is 0.0584. The first kappa shape index (κ1) is 17.8. The Morgan fingerprint density at radius 3 is 2.80 bits per heavy atom. The Kier molecular flexibility index (Phi) is 6.00. The number of halogens is 1. The van der Waals surface area contributed by atoms with Crippen molar-refractivity contribution in [3.8, 4) is 5.75 Å². The Morgan fingerprint density at radius 2 is 2.00 bits per heavy atom. The molecule has 6 heteroatoms. The SMILES string of the molecule is Cc1ccccc1N=C1SCCCN1C(=O)COc1ccccc1Cl. The number of amides is 1. The molecule has 1 amide bonds. The molecule has 1 aliphatic rings. The molecule has 2 aromatic rings. The number of hydrogen-bond acceptors (Lipinski definition) is 4. The van der Waals surface area contributed by atoms with Crippen LogP contribution in [0.1, 0.15) is 12.0 Å². The summed E-state index contributed by atoms with van der Waals surface area (Å²) in [7, 11) is 0. The van der Waals surface area contributed by atoms with E-state index in [2.05, 4.69) is 0 Å². The molecule has 0 radical (unpaired) electrons. The smallest absolute Gasteiger partial charge is 0.266 e. The van der Waals surface area contributed by atoms with Crippen molar-refractivity contribution in [3.63, 3.8) is 0 Å². The van der Waals surface area contributed by atoms with E-state index in [-0.39, 0.29) is 12.5 Å². The average molecular weight is 375 g/mol. The summed E-state index contributed by atoms with van der Waals surface area (Å²) in [5.41, 5.74) is 1.97. The first-order valence-electron chi connectivity index (χ1n) is 8.10. The van der Waals surface area contributed by atoms with Crippen LogP contribution in [0, 0.1) is 6.92 Å². The van der Waals surface area contributed by atoms with Gasteiger partial charge < -0.3 is 4.74 Å². The fraction of sp³-hybridized carbons (Fsp3) is 0.263. The Bertz CT molecular complexity index is 794. The summed E-state index contributed by atoms with van der Waals surface area (Å²) in [5.74, 6) is 1.36. The Hall–Kier alpha value is -1.98. The van der Waals surface area contributed by atoms with Crippen LogP contribution in [0.25, 0.3) is 0 Å². The molecule has 0 aliphatic carbocycles. The van der Waals surface area contributed by atoms with Gasteiger partial charge in [-0.05, 0) is 37.1 Å². The van der Waals surface area contributed by atoms with Crippen LogP contribution < -0.4 is 4.74 Å². The van der Waals surface area contributed by atoms with E-state index in [1.807, 2.05) is 43.3 Å². The molecule has 0 spiro atoms. The van der Waals surface area contributed by atoms with Gasteiger partial charge in [0, 0.05) is 12.3 Å². The Morgan fingerprint density at radius 1 is 1.24 bits per heavy atom. The molecule has 0 unspecified atom stereocenters. The maximum absolute atomic E-state index is 12.6. The minimum atomic E-state index is -0.112. The molecule has 1 heterocycles. The molecule has 4 nitrogen and oxygen atoms in total. The summed E-state index contributed by atoms with van der Waals surface area (Å²) < 4.78 is 5.59. The van der Waals surface area contributed by atoms with Crippen LogP contribution in [0.4, 0.5) is 5.69 Å². The van der Waals surface area contributed by atoms with Gasteiger partial charge in [0.1, 0.15) is 5.75 Å². The van der Waals surface area contributed by atoms with Crippen LogP contribution in [0.5, 0.6) is 5.75 Å². The quantitative estimate of drug-likeness (QED) is 0.780. The third-order valence-corrected chi connectivity index (χ3v) is 5.18. The fourth-order valence-electron chi connectivity index (χ4n) is 2.45. The molecule has 0 saturated carbocycles. The van der Waals surface area contributed by atoms with E-state index >= 15 is 0 Å². The number of ether oxygens (including phenoxy) is 1. The second-order valence-electron chi connectivity index (χ2n) is 5.65. The van der Waals surface area contributed by atoms with E-state index < -0.39 is 0 Å². The Balaban J connectivity index is 1.73. The highest BCUT2D eigenvalue weighted by Gasteiger charge is 2.24. The number of aliphatic imine (C=N–C) groups is 1. The lowest BCUT2D eigenvalue weighted by atomic mass is 10.2. The molecule has 0 bridgehead atoms. The van der Waals surface area contributed by atoms with Gasteiger partial charge in [-0.25, -0.2) is 4.99 Å². The summed E-state index contributed by atoms with van der Waals surface area (Å²) in [6.07, 6.45) is 0.940. The first-order valence-corrected chi connectivity index (χ1v) is 9.46. The summed E-state index contributed by atoms with van der Waals surface area (Å²) in [6.45, 7) is 2.61. The molecule has 1 saturated heterocycles. The highest BCUT2D eigenvalue weighted by atomic mass is 35.5. The number of amidine groups is 1. The number of nitrogens with zero attached hydrogens (tertiary/aromatic N) is 2. The molecule has 25 heavy (non-hydrogen) atoms. The van der Waals surface area contributed by atoms with Crippen molar-refractivity contribution in [3.05, 3.63) is 59.1 Å². The molecule has 0 N–H and O–H groups in total. The van der Waals surface area contributed by atoms with Gasteiger partial charge in [-0.1, -0.05) is 53.7 Å². The molecule has 2 aromatic carbocycles. The van der Waals surface area contributed by atoms with Crippen molar-refractivity contribution >= 4 is 40.1 Å². The van der Waals surface area contributed by atoms with Gasteiger partial charge in [-0.3, -0.25) is 9.69 Å².